The summed E-state index contributed by atoms with van der Waals surface area (Å²) in [4.78, 5) is 2.57. The summed E-state index contributed by atoms with van der Waals surface area (Å²) >= 11 is 3.28. The summed E-state index contributed by atoms with van der Waals surface area (Å²) in [5.41, 5.74) is 6.24. The SMILES string of the molecule is CCN1CCN(S(=O)(=O)c2ccc(N)c(Br)c2)CC1C. The van der Waals surface area contributed by atoms with Gasteiger partial charge in [-0.3, -0.25) is 4.90 Å². The van der Waals surface area contributed by atoms with Crippen molar-refractivity contribution < 1.29 is 8.42 Å². The highest BCUT2D eigenvalue weighted by Crippen LogP contribution is 2.26. The lowest BCUT2D eigenvalue weighted by Gasteiger charge is -2.38. The molecule has 0 bridgehead atoms. The average molecular weight is 362 g/mol. The van der Waals surface area contributed by atoms with Gasteiger partial charge in [-0.25, -0.2) is 8.42 Å². The van der Waals surface area contributed by atoms with Crippen LogP contribution in [0.25, 0.3) is 0 Å². The van der Waals surface area contributed by atoms with Crippen molar-refractivity contribution in [3.63, 3.8) is 0 Å². The van der Waals surface area contributed by atoms with Crippen molar-refractivity contribution in [3.05, 3.63) is 22.7 Å². The zero-order chi connectivity index (χ0) is 14.9. The monoisotopic (exact) mass is 361 g/mol. The maximum atomic E-state index is 12.6. The summed E-state index contributed by atoms with van der Waals surface area (Å²) in [6, 6.07) is 4.98. The first-order chi connectivity index (χ1) is 9.36. The number of nitrogens with zero attached hydrogens (tertiary/aromatic N) is 2. The van der Waals surface area contributed by atoms with Crippen LogP contribution in [0.2, 0.25) is 0 Å². The smallest absolute Gasteiger partial charge is 0.243 e. The van der Waals surface area contributed by atoms with Gasteiger partial charge in [-0.15, -0.1) is 0 Å². The van der Waals surface area contributed by atoms with Crippen molar-refractivity contribution in [3.8, 4) is 0 Å². The van der Waals surface area contributed by atoms with Crippen LogP contribution in [0.15, 0.2) is 27.6 Å². The van der Waals surface area contributed by atoms with E-state index in [9.17, 15) is 8.42 Å². The molecule has 0 radical (unpaired) electrons. The zero-order valence-corrected chi connectivity index (χ0v) is 14.1. The first kappa shape index (κ1) is 15.8. The van der Waals surface area contributed by atoms with E-state index >= 15 is 0 Å². The lowest BCUT2D eigenvalue weighted by molar-refractivity contribution is 0.135. The van der Waals surface area contributed by atoms with Gasteiger partial charge in [0, 0.05) is 35.8 Å². The third kappa shape index (κ3) is 3.00. The predicted octanol–water partition coefficient (Wildman–Crippen LogP) is 1.75. The van der Waals surface area contributed by atoms with E-state index in [0.717, 1.165) is 13.1 Å². The molecule has 20 heavy (non-hydrogen) atoms. The van der Waals surface area contributed by atoms with Crippen LogP contribution in [0.5, 0.6) is 0 Å². The maximum absolute atomic E-state index is 12.6. The minimum atomic E-state index is -3.44. The van der Waals surface area contributed by atoms with Gasteiger partial charge >= 0.3 is 0 Å². The number of halogens is 1. The summed E-state index contributed by atoms with van der Waals surface area (Å²) in [6.07, 6.45) is 0. The number of nitrogen functional groups attached to an aromatic ring is 1. The molecule has 112 valence electrons. The van der Waals surface area contributed by atoms with Gasteiger partial charge in [0.1, 0.15) is 0 Å². The molecule has 7 heteroatoms. The molecular weight excluding hydrogens is 342 g/mol. The van der Waals surface area contributed by atoms with E-state index in [1.54, 1.807) is 22.5 Å². The molecule has 0 amide bonds. The molecule has 0 spiro atoms. The molecule has 2 rings (SSSR count). The van der Waals surface area contributed by atoms with E-state index in [1.807, 2.05) is 0 Å². The molecule has 1 saturated heterocycles. The second-order valence-electron chi connectivity index (χ2n) is 5.02. The molecule has 1 aliphatic rings. The molecule has 1 aromatic carbocycles. The second kappa shape index (κ2) is 6.01. The van der Waals surface area contributed by atoms with Crippen molar-refractivity contribution in [1.29, 1.82) is 0 Å². The Hall–Kier alpha value is -0.630. The van der Waals surface area contributed by atoms with E-state index in [2.05, 4.69) is 34.7 Å². The first-order valence-electron chi connectivity index (χ1n) is 6.65. The van der Waals surface area contributed by atoms with Gasteiger partial charge in [0.05, 0.1) is 4.90 Å². The fourth-order valence-electron chi connectivity index (χ4n) is 2.47. The van der Waals surface area contributed by atoms with Gasteiger partial charge in [0.15, 0.2) is 0 Å². The van der Waals surface area contributed by atoms with Crippen molar-refractivity contribution in [2.24, 2.45) is 0 Å². The van der Waals surface area contributed by atoms with Crippen LogP contribution in [-0.4, -0.2) is 49.8 Å². The molecule has 0 aliphatic carbocycles. The largest absolute Gasteiger partial charge is 0.398 e. The molecule has 2 N–H and O–H groups in total. The Morgan fingerprint density at radius 2 is 2.10 bits per heavy atom. The highest BCUT2D eigenvalue weighted by Gasteiger charge is 2.31. The van der Waals surface area contributed by atoms with Gasteiger partial charge in [-0.05, 0) is 47.6 Å². The van der Waals surface area contributed by atoms with Crippen LogP contribution in [-0.2, 0) is 10.0 Å². The highest BCUT2D eigenvalue weighted by molar-refractivity contribution is 9.10. The lowest BCUT2D eigenvalue weighted by Crippen LogP contribution is -2.53. The van der Waals surface area contributed by atoms with Crippen LogP contribution in [0, 0.1) is 0 Å². The number of benzene rings is 1. The molecule has 5 nitrogen and oxygen atoms in total. The standard InChI is InChI=1S/C13H20BrN3O2S/c1-3-16-6-7-17(9-10(16)2)20(18,19)11-4-5-13(15)12(14)8-11/h4-5,8,10H,3,6-7,9,15H2,1-2H3. The number of hydrogen-bond donors (Lipinski definition) is 1. The molecule has 0 aromatic heterocycles. The third-order valence-corrected chi connectivity index (χ3v) is 6.29. The number of piperazine rings is 1. The Morgan fingerprint density at radius 3 is 2.65 bits per heavy atom. The number of likely N-dealkylation sites (N-methyl/N-ethyl adjacent to an activating group) is 1. The lowest BCUT2D eigenvalue weighted by atomic mass is 10.2. The van der Waals surface area contributed by atoms with Gasteiger partial charge in [-0.2, -0.15) is 4.31 Å². The minimum absolute atomic E-state index is 0.237. The molecule has 1 aromatic rings. The Bertz CT molecular complexity index is 591. The van der Waals surface area contributed by atoms with Gasteiger partial charge in [0.2, 0.25) is 10.0 Å². The van der Waals surface area contributed by atoms with Crippen molar-refractivity contribution in [1.82, 2.24) is 9.21 Å². The quantitative estimate of drug-likeness (QED) is 0.832. The molecule has 1 heterocycles. The van der Waals surface area contributed by atoms with Crippen LogP contribution in [0.3, 0.4) is 0 Å². The summed E-state index contributed by atoms with van der Waals surface area (Å²) in [5, 5.41) is 0. The average Bonchev–Trinajstić information content (AvgIpc) is 2.41. The van der Waals surface area contributed by atoms with Gasteiger partial charge in [0.25, 0.3) is 0 Å². The third-order valence-electron chi connectivity index (χ3n) is 3.74. The summed E-state index contributed by atoms with van der Waals surface area (Å²) in [5.74, 6) is 0. The van der Waals surface area contributed by atoms with E-state index in [0.29, 0.717) is 23.2 Å². The first-order valence-corrected chi connectivity index (χ1v) is 8.88. The molecule has 1 atom stereocenters. The van der Waals surface area contributed by atoms with Crippen molar-refractivity contribution in [2.75, 3.05) is 31.9 Å². The predicted molar refractivity (Wildman–Crippen MR) is 84.0 cm³/mol. The maximum Gasteiger partial charge on any atom is 0.243 e. The topological polar surface area (TPSA) is 66.6 Å². The Kier molecular flexibility index (Phi) is 4.73. The molecule has 1 aliphatic heterocycles. The molecule has 1 unspecified atom stereocenters. The summed E-state index contributed by atoms with van der Waals surface area (Å²) in [6.45, 7) is 6.93. The van der Waals surface area contributed by atoms with Crippen LogP contribution in [0.1, 0.15) is 13.8 Å². The van der Waals surface area contributed by atoms with E-state index < -0.39 is 10.0 Å². The van der Waals surface area contributed by atoms with E-state index in [-0.39, 0.29) is 10.9 Å². The number of sulfonamides is 1. The Balaban J connectivity index is 2.25. The van der Waals surface area contributed by atoms with Gasteiger partial charge in [-0.1, -0.05) is 6.92 Å². The molecule has 0 saturated carbocycles. The van der Waals surface area contributed by atoms with Crippen LogP contribution in [0.4, 0.5) is 5.69 Å². The minimum Gasteiger partial charge on any atom is -0.398 e. The second-order valence-corrected chi connectivity index (χ2v) is 7.82. The van der Waals surface area contributed by atoms with Gasteiger partial charge < -0.3 is 5.73 Å². The summed E-state index contributed by atoms with van der Waals surface area (Å²) in [7, 11) is -3.44. The number of nitrogens with two attached hydrogens (primary N) is 1. The van der Waals surface area contributed by atoms with Crippen LogP contribution >= 0.6 is 15.9 Å². The number of rotatable bonds is 3. The fourth-order valence-corrected chi connectivity index (χ4v) is 4.54. The highest BCUT2D eigenvalue weighted by atomic mass is 79.9. The Labute approximate surface area is 128 Å². The number of anilines is 1. The molecule has 1 fully saturated rings. The zero-order valence-electron chi connectivity index (χ0n) is 11.7. The fraction of sp³-hybridized carbons (Fsp3) is 0.538. The van der Waals surface area contributed by atoms with E-state index in [1.165, 1.54) is 0 Å². The number of hydrogen-bond acceptors (Lipinski definition) is 4. The normalized spacial score (nSPS) is 22.1. The van der Waals surface area contributed by atoms with Crippen molar-refractivity contribution >= 4 is 31.6 Å². The summed E-state index contributed by atoms with van der Waals surface area (Å²) < 4.78 is 27.4. The van der Waals surface area contributed by atoms with Crippen molar-refractivity contribution in [2.45, 2.75) is 24.8 Å². The Morgan fingerprint density at radius 1 is 1.40 bits per heavy atom. The molecular formula is C13H20BrN3O2S. The van der Waals surface area contributed by atoms with E-state index in [4.69, 9.17) is 5.73 Å². The van der Waals surface area contributed by atoms with Crippen LogP contribution < -0.4 is 5.73 Å².